The molecule has 0 aliphatic carbocycles. The number of urea groups is 1. The lowest BCUT2D eigenvalue weighted by atomic mass is 9.88. The van der Waals surface area contributed by atoms with Crippen molar-refractivity contribution in [1.29, 1.82) is 0 Å². The first-order valence-corrected chi connectivity index (χ1v) is 13.2. The van der Waals surface area contributed by atoms with E-state index in [9.17, 15) is 22.8 Å². The quantitative estimate of drug-likeness (QED) is 0.553. The SMILES string of the molecule is C[C@@]1(c2cccc3ccccc23)NC(=O)N(CC(=O)N(c2ccccc2)[C@@H]2CCS(=O)(=O)C2)C1=O. The summed E-state index contributed by atoms with van der Waals surface area (Å²) in [6.07, 6.45) is 0.302. The summed E-state index contributed by atoms with van der Waals surface area (Å²) in [6.45, 7) is 1.15. The lowest BCUT2D eigenvalue weighted by Crippen LogP contribution is -2.48. The Balaban J connectivity index is 1.45. The van der Waals surface area contributed by atoms with E-state index in [4.69, 9.17) is 0 Å². The molecule has 0 bridgehead atoms. The van der Waals surface area contributed by atoms with Crippen molar-refractivity contribution >= 4 is 44.1 Å². The molecule has 0 saturated carbocycles. The molecule has 180 valence electrons. The number of para-hydroxylation sites is 1. The maximum atomic E-state index is 13.6. The Kier molecular flexibility index (Phi) is 5.59. The van der Waals surface area contributed by atoms with E-state index in [0.29, 0.717) is 17.7 Å². The van der Waals surface area contributed by atoms with Crippen molar-refractivity contribution in [2.24, 2.45) is 0 Å². The highest BCUT2D eigenvalue weighted by Gasteiger charge is 2.50. The van der Waals surface area contributed by atoms with Crippen LogP contribution in [0.1, 0.15) is 18.9 Å². The van der Waals surface area contributed by atoms with Gasteiger partial charge in [-0.05, 0) is 41.8 Å². The first-order valence-electron chi connectivity index (χ1n) is 11.4. The third-order valence-electron chi connectivity index (χ3n) is 6.77. The van der Waals surface area contributed by atoms with Crippen LogP contribution in [0.25, 0.3) is 10.8 Å². The van der Waals surface area contributed by atoms with Gasteiger partial charge in [-0.1, -0.05) is 60.7 Å². The normalized spacial score (nSPS) is 23.5. The summed E-state index contributed by atoms with van der Waals surface area (Å²) >= 11 is 0. The van der Waals surface area contributed by atoms with Crippen LogP contribution >= 0.6 is 0 Å². The molecule has 35 heavy (non-hydrogen) atoms. The number of fused-ring (bicyclic) bond motifs is 1. The number of carbonyl (C=O) groups is 3. The Morgan fingerprint density at radius 3 is 2.43 bits per heavy atom. The lowest BCUT2D eigenvalue weighted by molar-refractivity contribution is -0.134. The molecule has 8 nitrogen and oxygen atoms in total. The van der Waals surface area contributed by atoms with Gasteiger partial charge in [0.25, 0.3) is 5.91 Å². The third kappa shape index (κ3) is 4.05. The van der Waals surface area contributed by atoms with Gasteiger partial charge in [0.05, 0.1) is 17.5 Å². The number of hydrogen-bond acceptors (Lipinski definition) is 5. The highest BCUT2D eigenvalue weighted by atomic mass is 32.2. The van der Waals surface area contributed by atoms with Crippen molar-refractivity contribution in [2.45, 2.75) is 24.9 Å². The number of anilines is 1. The molecule has 2 atom stereocenters. The van der Waals surface area contributed by atoms with E-state index in [0.717, 1.165) is 15.7 Å². The largest absolute Gasteiger partial charge is 0.325 e. The highest BCUT2D eigenvalue weighted by Crippen LogP contribution is 2.34. The fourth-order valence-corrected chi connectivity index (χ4v) is 6.72. The smallest absolute Gasteiger partial charge is 0.319 e. The molecule has 2 heterocycles. The Bertz CT molecular complexity index is 1430. The zero-order chi connectivity index (χ0) is 24.8. The summed E-state index contributed by atoms with van der Waals surface area (Å²) in [5.74, 6) is -1.19. The summed E-state index contributed by atoms with van der Waals surface area (Å²) in [6, 6.07) is 20.7. The molecular weight excluding hydrogens is 466 g/mol. The molecular formula is C26H25N3O5S. The lowest BCUT2D eigenvalue weighted by Gasteiger charge is -2.30. The van der Waals surface area contributed by atoms with Crippen molar-refractivity contribution < 1.29 is 22.8 Å². The molecule has 2 saturated heterocycles. The molecule has 1 N–H and O–H groups in total. The minimum atomic E-state index is -3.26. The van der Waals surface area contributed by atoms with Crippen LogP contribution in [0.15, 0.2) is 72.8 Å². The summed E-state index contributed by atoms with van der Waals surface area (Å²) in [5, 5.41) is 4.54. The van der Waals surface area contributed by atoms with Crippen LogP contribution in [0.3, 0.4) is 0 Å². The van der Waals surface area contributed by atoms with Crippen LogP contribution in [-0.2, 0) is 25.0 Å². The van der Waals surface area contributed by atoms with Crippen LogP contribution in [0, 0.1) is 0 Å². The number of imide groups is 1. The number of hydrogen-bond donors (Lipinski definition) is 1. The highest BCUT2D eigenvalue weighted by molar-refractivity contribution is 7.91. The second-order valence-electron chi connectivity index (χ2n) is 9.13. The molecule has 2 fully saturated rings. The first-order chi connectivity index (χ1) is 16.7. The van der Waals surface area contributed by atoms with Gasteiger partial charge in [-0.3, -0.25) is 14.5 Å². The number of sulfone groups is 1. The van der Waals surface area contributed by atoms with Gasteiger partial charge in [-0.2, -0.15) is 0 Å². The molecule has 0 aromatic heterocycles. The molecule has 3 aromatic carbocycles. The minimum Gasteiger partial charge on any atom is -0.319 e. The second-order valence-corrected chi connectivity index (χ2v) is 11.4. The van der Waals surface area contributed by atoms with Gasteiger partial charge in [0.2, 0.25) is 5.91 Å². The fourth-order valence-electron chi connectivity index (χ4n) is 5.02. The fraction of sp³-hybridized carbons (Fsp3) is 0.269. The Morgan fingerprint density at radius 2 is 1.71 bits per heavy atom. The monoisotopic (exact) mass is 491 g/mol. The topological polar surface area (TPSA) is 104 Å². The van der Waals surface area contributed by atoms with Gasteiger partial charge in [-0.15, -0.1) is 0 Å². The summed E-state index contributed by atoms with van der Waals surface area (Å²) in [5.41, 5.74) is -0.166. The van der Waals surface area contributed by atoms with E-state index in [-0.39, 0.29) is 11.5 Å². The van der Waals surface area contributed by atoms with E-state index in [1.165, 1.54) is 4.90 Å². The molecule has 4 amide bonds. The van der Waals surface area contributed by atoms with E-state index < -0.39 is 45.8 Å². The van der Waals surface area contributed by atoms with Crippen LogP contribution in [0.5, 0.6) is 0 Å². The van der Waals surface area contributed by atoms with Crippen molar-refractivity contribution in [1.82, 2.24) is 10.2 Å². The number of rotatable bonds is 5. The zero-order valence-corrected chi connectivity index (χ0v) is 20.0. The van der Waals surface area contributed by atoms with Crippen molar-refractivity contribution in [3.8, 4) is 0 Å². The summed E-state index contributed by atoms with van der Waals surface area (Å²) < 4.78 is 24.3. The molecule has 0 radical (unpaired) electrons. The van der Waals surface area contributed by atoms with E-state index in [2.05, 4.69) is 5.32 Å². The first kappa shape index (κ1) is 23.0. The molecule has 2 aliphatic heterocycles. The zero-order valence-electron chi connectivity index (χ0n) is 19.2. The molecule has 2 aliphatic rings. The minimum absolute atomic E-state index is 0.00341. The third-order valence-corrected chi connectivity index (χ3v) is 8.52. The van der Waals surface area contributed by atoms with Crippen LogP contribution in [0.4, 0.5) is 10.5 Å². The van der Waals surface area contributed by atoms with E-state index in [1.807, 2.05) is 36.4 Å². The van der Waals surface area contributed by atoms with Gasteiger partial charge >= 0.3 is 6.03 Å². The van der Waals surface area contributed by atoms with Crippen molar-refractivity contribution in [3.63, 3.8) is 0 Å². The standard InChI is InChI=1S/C26H25N3O5S/c1-26(22-13-7-9-18-8-5-6-12-21(18)22)24(31)28(25(32)27-26)16-23(30)29(19-10-3-2-4-11-19)20-14-15-35(33,34)17-20/h2-13,20H,14-17H2,1H3,(H,27,32)/t20-,26+/m1/s1. The van der Waals surface area contributed by atoms with Crippen LogP contribution < -0.4 is 10.2 Å². The number of nitrogens with zero attached hydrogens (tertiary/aromatic N) is 2. The average Bonchev–Trinajstić information content (AvgIpc) is 3.30. The number of amides is 4. The maximum Gasteiger partial charge on any atom is 0.325 e. The van der Waals surface area contributed by atoms with Gasteiger partial charge in [0.15, 0.2) is 9.84 Å². The van der Waals surface area contributed by atoms with Crippen LogP contribution in [-0.4, -0.2) is 55.3 Å². The number of benzene rings is 3. The Labute approximate surface area is 203 Å². The predicted octanol–water partition coefficient (Wildman–Crippen LogP) is 2.83. The average molecular weight is 492 g/mol. The molecule has 5 rings (SSSR count). The van der Waals surface area contributed by atoms with Gasteiger partial charge < -0.3 is 10.2 Å². The molecule has 0 unspecified atom stereocenters. The summed E-state index contributed by atoms with van der Waals surface area (Å²) in [4.78, 5) is 42.4. The summed E-state index contributed by atoms with van der Waals surface area (Å²) in [7, 11) is -3.26. The Hall–Kier alpha value is -3.72. The molecule has 3 aromatic rings. The van der Waals surface area contributed by atoms with Crippen molar-refractivity contribution in [2.75, 3.05) is 23.0 Å². The number of nitrogens with one attached hydrogen (secondary N) is 1. The second kappa shape index (κ2) is 8.49. The van der Waals surface area contributed by atoms with Gasteiger partial charge in [0.1, 0.15) is 12.1 Å². The van der Waals surface area contributed by atoms with Crippen LogP contribution in [0.2, 0.25) is 0 Å². The predicted molar refractivity (Wildman–Crippen MR) is 133 cm³/mol. The van der Waals surface area contributed by atoms with E-state index >= 15 is 0 Å². The van der Waals surface area contributed by atoms with E-state index in [1.54, 1.807) is 43.3 Å². The molecule has 0 spiro atoms. The maximum absolute atomic E-state index is 13.6. The van der Waals surface area contributed by atoms with Gasteiger partial charge in [0, 0.05) is 5.69 Å². The van der Waals surface area contributed by atoms with Crippen molar-refractivity contribution in [3.05, 3.63) is 78.4 Å². The molecule has 9 heteroatoms. The van der Waals surface area contributed by atoms with Gasteiger partial charge in [-0.25, -0.2) is 13.2 Å². The number of carbonyl (C=O) groups excluding carboxylic acids is 3. The Morgan fingerprint density at radius 1 is 1.03 bits per heavy atom.